The Morgan fingerprint density at radius 1 is 0.630 bits per heavy atom. The third-order valence-corrected chi connectivity index (χ3v) is 5.83. The summed E-state index contributed by atoms with van der Waals surface area (Å²) in [5, 5.41) is 0. The van der Waals surface area contributed by atoms with Crippen molar-refractivity contribution in [1.82, 2.24) is 0 Å². The molecule has 3 N–H and O–H groups in total. The van der Waals surface area contributed by atoms with Crippen LogP contribution in [0.1, 0.15) is 116 Å². The minimum atomic E-state index is -4.32. The Kier molecular flexibility index (Phi) is 19.2. The predicted octanol–water partition coefficient (Wildman–Crippen LogP) is 5.92. The third kappa shape index (κ3) is 20.5. The second-order valence-corrected chi connectivity index (χ2v) is 9.26. The van der Waals surface area contributed by atoms with E-state index in [9.17, 15) is 4.79 Å². The summed E-state index contributed by atoms with van der Waals surface area (Å²) in [4.78, 5) is 37.3. The Bertz CT molecular complexity index is 331. The maximum Gasteiger partial charge on any atom is 0.478 e. The van der Waals surface area contributed by atoms with Crippen LogP contribution in [-0.4, -0.2) is 33.4 Å². The molecule has 0 radical (unpaired) electrons. The van der Waals surface area contributed by atoms with Gasteiger partial charge in [-0.15, -0.1) is 0 Å². The quantitative estimate of drug-likeness (QED) is 0.162. The Morgan fingerprint density at radius 3 is 1.37 bits per heavy atom. The van der Waals surface area contributed by atoms with Crippen LogP contribution in [0.25, 0.3) is 0 Å². The molecule has 0 unspecified atom stereocenters. The molecule has 0 amide bonds. The fraction of sp³-hybridized carbons (Fsp3) is 0.952. The monoisotopic (exact) mass is 407 g/mol. The lowest BCUT2D eigenvalue weighted by Crippen LogP contribution is -2.09. The predicted molar refractivity (Wildman–Crippen MR) is 114 cm³/mol. The number of carbonyl (C=O) groups is 1. The molecular weight excluding hydrogens is 363 g/mol. The Morgan fingerprint density at radius 2 is 1.00 bits per heavy atom. The van der Waals surface area contributed by atoms with E-state index in [1.54, 1.807) is 0 Å². The van der Waals surface area contributed by atoms with Gasteiger partial charge >= 0.3 is 13.5 Å². The minimum Gasteiger partial charge on any atom is -0.381 e. The minimum absolute atomic E-state index is 0.140. The third-order valence-electron chi connectivity index (χ3n) is 4.94. The summed E-state index contributed by atoms with van der Waals surface area (Å²) in [6, 6.07) is 0. The highest BCUT2D eigenvalue weighted by atomic mass is 31.2. The fourth-order valence-corrected chi connectivity index (χ4v) is 3.56. The molecule has 0 heterocycles. The van der Waals surface area contributed by atoms with Gasteiger partial charge in [0.2, 0.25) is 0 Å². The Hall–Kier alpha value is -0.0600. The SMILES string of the molecule is CCCCCCCCCCCCCCCCCCOCCC(=O)[P+](O)(O)O. The van der Waals surface area contributed by atoms with Gasteiger partial charge in [-0.2, -0.15) is 14.7 Å². The lowest BCUT2D eigenvalue weighted by molar-refractivity contribution is -0.115. The summed E-state index contributed by atoms with van der Waals surface area (Å²) in [7, 11) is -4.32. The summed E-state index contributed by atoms with van der Waals surface area (Å²) in [5.74, 6) is 0. The topological polar surface area (TPSA) is 87.0 Å². The Balaban J connectivity index is 3.10. The molecule has 0 aromatic heterocycles. The number of unbranched alkanes of at least 4 members (excludes halogenated alkanes) is 15. The molecule has 5 nitrogen and oxygen atoms in total. The molecule has 0 aliphatic rings. The standard InChI is InChI=1S/C21H44O5P/c1-2-3-4-5-6-7-8-9-10-11-12-13-14-15-16-17-19-26-20-18-21(22)27(23,24)25/h23-25H,2-20H2,1H3/q+1. The van der Waals surface area contributed by atoms with Crippen LogP contribution in [0.4, 0.5) is 0 Å². The largest absolute Gasteiger partial charge is 0.478 e. The van der Waals surface area contributed by atoms with Crippen molar-refractivity contribution in [1.29, 1.82) is 0 Å². The van der Waals surface area contributed by atoms with Crippen molar-refractivity contribution in [2.75, 3.05) is 13.2 Å². The van der Waals surface area contributed by atoms with E-state index < -0.39 is 13.5 Å². The first-order valence-corrected chi connectivity index (χ1v) is 12.8. The molecule has 0 fully saturated rings. The van der Waals surface area contributed by atoms with Crippen LogP contribution >= 0.6 is 7.94 Å². The van der Waals surface area contributed by atoms with E-state index in [-0.39, 0.29) is 13.0 Å². The molecule has 0 aliphatic carbocycles. The summed E-state index contributed by atoms with van der Waals surface area (Å²) in [5.41, 5.74) is -0.922. The van der Waals surface area contributed by atoms with Gasteiger partial charge < -0.3 is 4.74 Å². The zero-order valence-electron chi connectivity index (χ0n) is 17.5. The fourth-order valence-electron chi connectivity index (χ4n) is 3.16. The molecule has 0 atom stereocenters. The zero-order valence-corrected chi connectivity index (χ0v) is 18.4. The van der Waals surface area contributed by atoms with Crippen molar-refractivity contribution in [3.05, 3.63) is 0 Å². The number of carbonyl (C=O) groups excluding carboxylic acids is 1. The second-order valence-electron chi connectivity index (χ2n) is 7.63. The van der Waals surface area contributed by atoms with Crippen molar-refractivity contribution in [3.8, 4) is 0 Å². The van der Waals surface area contributed by atoms with Gasteiger partial charge in [0.1, 0.15) is 0 Å². The van der Waals surface area contributed by atoms with Gasteiger partial charge in [-0.05, 0) is 6.42 Å². The van der Waals surface area contributed by atoms with Crippen molar-refractivity contribution >= 4 is 13.5 Å². The average molecular weight is 408 g/mol. The second kappa shape index (κ2) is 19.3. The lowest BCUT2D eigenvalue weighted by Gasteiger charge is -2.05. The highest BCUT2D eigenvalue weighted by molar-refractivity contribution is 7.76. The normalized spacial score (nSPS) is 11.9. The molecular formula is C21H44O5P+. The van der Waals surface area contributed by atoms with Crippen molar-refractivity contribution in [2.45, 2.75) is 116 Å². The maximum absolute atomic E-state index is 11.1. The van der Waals surface area contributed by atoms with E-state index in [1.807, 2.05) is 0 Å². The number of hydrogen-bond acceptors (Lipinski definition) is 5. The van der Waals surface area contributed by atoms with Gasteiger partial charge in [0.05, 0.1) is 13.0 Å². The van der Waals surface area contributed by atoms with Gasteiger partial charge in [-0.1, -0.05) is 103 Å². The molecule has 0 rings (SSSR count). The summed E-state index contributed by atoms with van der Waals surface area (Å²) < 4.78 is 5.28. The van der Waals surface area contributed by atoms with E-state index in [4.69, 9.17) is 19.4 Å². The van der Waals surface area contributed by atoms with Crippen LogP contribution in [0.2, 0.25) is 0 Å². The molecule has 0 saturated carbocycles. The molecule has 0 saturated heterocycles. The zero-order chi connectivity index (χ0) is 20.2. The Labute approximate surface area is 167 Å². The molecule has 0 aromatic rings. The highest BCUT2D eigenvalue weighted by Gasteiger charge is 2.41. The van der Waals surface area contributed by atoms with E-state index >= 15 is 0 Å². The molecule has 162 valence electrons. The molecule has 0 spiro atoms. The maximum atomic E-state index is 11.1. The number of hydrogen-bond donors (Lipinski definition) is 3. The van der Waals surface area contributed by atoms with Crippen LogP contribution in [0, 0.1) is 0 Å². The van der Waals surface area contributed by atoms with Crippen LogP contribution in [0.5, 0.6) is 0 Å². The van der Waals surface area contributed by atoms with E-state index in [0.29, 0.717) is 6.61 Å². The van der Waals surface area contributed by atoms with Gasteiger partial charge in [-0.25, -0.2) is 4.79 Å². The summed E-state index contributed by atoms with van der Waals surface area (Å²) in [6.45, 7) is 2.99. The van der Waals surface area contributed by atoms with Crippen LogP contribution < -0.4 is 0 Å². The van der Waals surface area contributed by atoms with Crippen molar-refractivity contribution < 1.29 is 24.2 Å². The number of ether oxygens (including phenoxy) is 1. The molecule has 0 bridgehead atoms. The van der Waals surface area contributed by atoms with E-state index in [1.165, 1.54) is 89.9 Å². The van der Waals surface area contributed by atoms with Crippen molar-refractivity contribution in [2.24, 2.45) is 0 Å². The average Bonchev–Trinajstić information content (AvgIpc) is 2.62. The van der Waals surface area contributed by atoms with E-state index in [0.717, 1.165) is 12.8 Å². The first-order valence-electron chi connectivity index (χ1n) is 11.2. The van der Waals surface area contributed by atoms with Crippen molar-refractivity contribution in [3.63, 3.8) is 0 Å². The van der Waals surface area contributed by atoms with Crippen LogP contribution in [0.15, 0.2) is 0 Å². The van der Waals surface area contributed by atoms with Crippen LogP contribution in [-0.2, 0) is 9.53 Å². The molecule has 0 aromatic carbocycles. The molecule has 6 heteroatoms. The molecule has 0 aliphatic heterocycles. The summed E-state index contributed by atoms with van der Waals surface area (Å²) >= 11 is 0. The lowest BCUT2D eigenvalue weighted by atomic mass is 10.0. The first-order chi connectivity index (χ1) is 13.0. The van der Waals surface area contributed by atoms with Gasteiger partial charge in [0.15, 0.2) is 0 Å². The van der Waals surface area contributed by atoms with Gasteiger partial charge in [0, 0.05) is 6.61 Å². The molecule has 27 heavy (non-hydrogen) atoms. The summed E-state index contributed by atoms with van der Waals surface area (Å²) in [6.07, 6.45) is 21.1. The highest BCUT2D eigenvalue weighted by Crippen LogP contribution is 2.46. The van der Waals surface area contributed by atoms with Gasteiger partial charge in [-0.3, -0.25) is 0 Å². The number of rotatable bonds is 21. The van der Waals surface area contributed by atoms with Gasteiger partial charge in [0.25, 0.3) is 0 Å². The smallest absolute Gasteiger partial charge is 0.381 e. The van der Waals surface area contributed by atoms with Crippen LogP contribution in [0.3, 0.4) is 0 Å². The first kappa shape index (κ1) is 26.9. The van der Waals surface area contributed by atoms with E-state index in [2.05, 4.69) is 6.92 Å².